The van der Waals surface area contributed by atoms with Gasteiger partial charge in [-0.1, -0.05) is 19.1 Å². The number of nitrogens with one attached hydrogen (secondary N) is 2. The third-order valence-electron chi connectivity index (χ3n) is 3.88. The van der Waals surface area contributed by atoms with Crippen molar-refractivity contribution >= 4 is 5.69 Å². The number of aliphatic hydroxyl groups excluding tert-OH is 1. The van der Waals surface area contributed by atoms with Crippen LogP contribution in [0.5, 0.6) is 0 Å². The van der Waals surface area contributed by atoms with E-state index >= 15 is 0 Å². The molecular weight excluding hydrogens is 236 g/mol. The first-order valence-electron chi connectivity index (χ1n) is 7.45. The number of rotatable bonds is 6. The van der Waals surface area contributed by atoms with E-state index in [2.05, 4.69) is 42.7 Å². The highest BCUT2D eigenvalue weighted by atomic mass is 16.3. The smallest absolute Gasteiger partial charge is 0.0584 e. The first-order valence-corrected chi connectivity index (χ1v) is 7.45. The van der Waals surface area contributed by atoms with E-state index in [4.69, 9.17) is 0 Å². The zero-order chi connectivity index (χ0) is 13.7. The van der Waals surface area contributed by atoms with Gasteiger partial charge < -0.3 is 15.7 Å². The van der Waals surface area contributed by atoms with Crippen molar-refractivity contribution in [2.45, 2.75) is 51.6 Å². The van der Waals surface area contributed by atoms with Gasteiger partial charge in [-0.25, -0.2) is 0 Å². The van der Waals surface area contributed by atoms with E-state index in [-0.39, 0.29) is 12.6 Å². The summed E-state index contributed by atoms with van der Waals surface area (Å²) >= 11 is 0. The SMILES string of the molecule is CCC(CO)NC(C)Cc1ccc2c(c1)CCCN2. The van der Waals surface area contributed by atoms with Gasteiger partial charge in [-0.15, -0.1) is 0 Å². The molecule has 1 aromatic carbocycles. The Kier molecular flexibility index (Phi) is 5.23. The summed E-state index contributed by atoms with van der Waals surface area (Å²) in [6.45, 7) is 5.61. The van der Waals surface area contributed by atoms with Gasteiger partial charge in [0.05, 0.1) is 6.61 Å². The molecule has 0 spiro atoms. The fraction of sp³-hybridized carbons (Fsp3) is 0.625. The lowest BCUT2D eigenvalue weighted by atomic mass is 9.97. The van der Waals surface area contributed by atoms with Gasteiger partial charge in [0.15, 0.2) is 0 Å². The van der Waals surface area contributed by atoms with Gasteiger partial charge in [-0.3, -0.25) is 0 Å². The summed E-state index contributed by atoms with van der Waals surface area (Å²) in [6, 6.07) is 7.37. The van der Waals surface area contributed by atoms with Crippen LogP contribution in [0.1, 0.15) is 37.8 Å². The van der Waals surface area contributed by atoms with Gasteiger partial charge in [0.1, 0.15) is 0 Å². The maximum absolute atomic E-state index is 9.23. The summed E-state index contributed by atoms with van der Waals surface area (Å²) in [5.41, 5.74) is 4.14. The molecule has 3 N–H and O–H groups in total. The van der Waals surface area contributed by atoms with Crippen LogP contribution in [0.25, 0.3) is 0 Å². The van der Waals surface area contributed by atoms with Crippen molar-refractivity contribution in [3.05, 3.63) is 29.3 Å². The highest BCUT2D eigenvalue weighted by molar-refractivity contribution is 5.54. The Labute approximate surface area is 116 Å². The second kappa shape index (κ2) is 6.92. The molecule has 1 aliphatic rings. The van der Waals surface area contributed by atoms with Gasteiger partial charge in [0.2, 0.25) is 0 Å². The Morgan fingerprint density at radius 2 is 2.26 bits per heavy atom. The first kappa shape index (κ1) is 14.4. The van der Waals surface area contributed by atoms with Crippen LogP contribution in [-0.4, -0.2) is 30.3 Å². The summed E-state index contributed by atoms with van der Waals surface area (Å²) in [4.78, 5) is 0. The Hall–Kier alpha value is -1.06. The summed E-state index contributed by atoms with van der Waals surface area (Å²) in [5.74, 6) is 0. The molecule has 1 aliphatic heterocycles. The largest absolute Gasteiger partial charge is 0.395 e. The summed E-state index contributed by atoms with van der Waals surface area (Å²) in [5, 5.41) is 16.2. The molecule has 0 amide bonds. The topological polar surface area (TPSA) is 44.3 Å². The summed E-state index contributed by atoms with van der Waals surface area (Å²) in [7, 11) is 0. The van der Waals surface area contributed by atoms with E-state index in [9.17, 15) is 5.11 Å². The van der Waals surface area contributed by atoms with E-state index in [1.165, 1.54) is 29.7 Å². The number of benzene rings is 1. The lowest BCUT2D eigenvalue weighted by Crippen LogP contribution is -2.39. The molecule has 0 aliphatic carbocycles. The number of aryl methyl sites for hydroxylation is 1. The third-order valence-corrected chi connectivity index (χ3v) is 3.88. The second-order valence-electron chi connectivity index (χ2n) is 5.58. The summed E-state index contributed by atoms with van der Waals surface area (Å²) in [6.07, 6.45) is 4.40. The fourth-order valence-electron chi connectivity index (χ4n) is 2.77. The van der Waals surface area contributed by atoms with Gasteiger partial charge in [-0.05, 0) is 49.8 Å². The Morgan fingerprint density at radius 3 is 3.00 bits per heavy atom. The molecule has 0 radical (unpaired) electrons. The van der Waals surface area contributed by atoms with Crippen molar-refractivity contribution in [1.29, 1.82) is 0 Å². The predicted octanol–water partition coefficient (Wildman–Crippen LogP) is 2.34. The van der Waals surface area contributed by atoms with E-state index in [0.29, 0.717) is 6.04 Å². The van der Waals surface area contributed by atoms with Crippen molar-refractivity contribution in [2.75, 3.05) is 18.5 Å². The number of fused-ring (bicyclic) bond motifs is 1. The second-order valence-corrected chi connectivity index (χ2v) is 5.58. The lowest BCUT2D eigenvalue weighted by Gasteiger charge is -2.22. The molecule has 3 nitrogen and oxygen atoms in total. The average Bonchev–Trinajstić information content (AvgIpc) is 2.44. The highest BCUT2D eigenvalue weighted by Gasteiger charge is 2.12. The van der Waals surface area contributed by atoms with Crippen molar-refractivity contribution in [2.24, 2.45) is 0 Å². The first-order chi connectivity index (χ1) is 9.22. The minimum Gasteiger partial charge on any atom is -0.395 e. The predicted molar refractivity (Wildman–Crippen MR) is 80.7 cm³/mol. The monoisotopic (exact) mass is 262 g/mol. The molecule has 0 saturated carbocycles. The molecule has 2 rings (SSSR count). The van der Waals surface area contributed by atoms with Gasteiger partial charge in [0, 0.05) is 24.3 Å². The molecule has 0 fully saturated rings. The molecule has 1 heterocycles. The minimum absolute atomic E-state index is 0.217. The third kappa shape index (κ3) is 3.95. The van der Waals surface area contributed by atoms with Crippen LogP contribution in [-0.2, 0) is 12.8 Å². The van der Waals surface area contributed by atoms with Gasteiger partial charge >= 0.3 is 0 Å². The number of hydrogen-bond donors (Lipinski definition) is 3. The van der Waals surface area contributed by atoms with Crippen LogP contribution in [0.15, 0.2) is 18.2 Å². The molecule has 0 saturated heterocycles. The van der Waals surface area contributed by atoms with Crippen molar-refractivity contribution in [3.63, 3.8) is 0 Å². The molecule has 0 aromatic heterocycles. The number of aliphatic hydroxyl groups is 1. The van der Waals surface area contributed by atoms with Gasteiger partial charge in [0.25, 0.3) is 0 Å². The lowest BCUT2D eigenvalue weighted by molar-refractivity contribution is 0.229. The fourth-order valence-corrected chi connectivity index (χ4v) is 2.77. The molecule has 1 aromatic rings. The molecule has 0 bridgehead atoms. The van der Waals surface area contributed by atoms with Crippen LogP contribution in [0.3, 0.4) is 0 Å². The Bertz CT molecular complexity index is 402. The highest BCUT2D eigenvalue weighted by Crippen LogP contribution is 2.23. The van der Waals surface area contributed by atoms with Crippen LogP contribution in [0.4, 0.5) is 5.69 Å². The number of anilines is 1. The summed E-state index contributed by atoms with van der Waals surface area (Å²) < 4.78 is 0. The molecule has 3 heteroatoms. The Balaban J connectivity index is 1.95. The minimum atomic E-state index is 0.217. The molecule has 106 valence electrons. The molecule has 19 heavy (non-hydrogen) atoms. The van der Waals surface area contributed by atoms with Crippen molar-refractivity contribution in [1.82, 2.24) is 5.32 Å². The normalized spacial score (nSPS) is 17.4. The van der Waals surface area contributed by atoms with Crippen LogP contribution in [0, 0.1) is 0 Å². The van der Waals surface area contributed by atoms with Crippen LogP contribution >= 0.6 is 0 Å². The molecular formula is C16H26N2O. The van der Waals surface area contributed by atoms with E-state index in [1.807, 2.05) is 0 Å². The van der Waals surface area contributed by atoms with E-state index < -0.39 is 0 Å². The average molecular weight is 262 g/mol. The van der Waals surface area contributed by atoms with E-state index in [0.717, 1.165) is 19.4 Å². The maximum atomic E-state index is 9.23. The zero-order valence-corrected chi connectivity index (χ0v) is 12.1. The Morgan fingerprint density at radius 1 is 1.42 bits per heavy atom. The maximum Gasteiger partial charge on any atom is 0.0584 e. The van der Waals surface area contributed by atoms with E-state index in [1.54, 1.807) is 0 Å². The van der Waals surface area contributed by atoms with Crippen LogP contribution in [0.2, 0.25) is 0 Å². The molecule has 2 atom stereocenters. The van der Waals surface area contributed by atoms with Crippen molar-refractivity contribution in [3.8, 4) is 0 Å². The standard InChI is InChI=1S/C16H26N2O/c1-3-15(11-19)18-12(2)9-13-6-7-16-14(10-13)5-4-8-17-16/h6-7,10,12,15,17-19H,3-5,8-9,11H2,1-2H3. The van der Waals surface area contributed by atoms with Crippen LogP contribution < -0.4 is 10.6 Å². The van der Waals surface area contributed by atoms with Gasteiger partial charge in [-0.2, -0.15) is 0 Å². The quantitative estimate of drug-likeness (QED) is 0.737. The molecule has 2 unspecified atom stereocenters. The van der Waals surface area contributed by atoms with Crippen molar-refractivity contribution < 1.29 is 5.11 Å². The zero-order valence-electron chi connectivity index (χ0n) is 12.1. The number of hydrogen-bond acceptors (Lipinski definition) is 3.